The number of nitrogens with zero attached hydrogens (tertiary/aromatic N) is 1. The van der Waals surface area contributed by atoms with E-state index in [0.717, 1.165) is 11.1 Å². The van der Waals surface area contributed by atoms with Crippen molar-refractivity contribution in [3.05, 3.63) is 75.8 Å². The van der Waals surface area contributed by atoms with Gasteiger partial charge in [0.2, 0.25) is 0 Å². The third kappa shape index (κ3) is 3.20. The summed E-state index contributed by atoms with van der Waals surface area (Å²) in [5.41, 5.74) is 1.48. The fraction of sp³-hybridized carbons (Fsp3) is 0.133. The Morgan fingerprint density at radius 1 is 1.10 bits per heavy atom. The van der Waals surface area contributed by atoms with Crippen LogP contribution in [0.5, 0.6) is 0 Å². The molecule has 5 heteroatoms. The number of benzene rings is 2. The van der Waals surface area contributed by atoms with E-state index in [1.54, 1.807) is 36.4 Å². The number of carbonyl (C=O) groups is 1. The lowest BCUT2D eigenvalue weighted by Gasteiger charge is -2.12. The SMILES string of the molecule is O=C(O)C(Cc1ccc([N+](=O)[O-])cc1)c1ccccc1. The number of aliphatic carboxylic acids is 1. The van der Waals surface area contributed by atoms with Gasteiger partial charge in [0.15, 0.2) is 0 Å². The van der Waals surface area contributed by atoms with E-state index in [-0.39, 0.29) is 5.69 Å². The standard InChI is InChI=1S/C15H13NO4/c17-15(18)14(12-4-2-1-3-5-12)10-11-6-8-13(9-7-11)16(19)20/h1-9,14H,10H2,(H,17,18). The second kappa shape index (κ2) is 5.97. The summed E-state index contributed by atoms with van der Waals surface area (Å²) in [6.07, 6.45) is 0.303. The smallest absolute Gasteiger partial charge is 0.311 e. The van der Waals surface area contributed by atoms with E-state index >= 15 is 0 Å². The van der Waals surface area contributed by atoms with E-state index in [2.05, 4.69) is 0 Å². The van der Waals surface area contributed by atoms with E-state index in [1.165, 1.54) is 12.1 Å². The minimum absolute atomic E-state index is 0.000311. The highest BCUT2D eigenvalue weighted by atomic mass is 16.6. The first-order chi connectivity index (χ1) is 9.58. The number of rotatable bonds is 5. The maximum atomic E-state index is 11.4. The van der Waals surface area contributed by atoms with Gasteiger partial charge in [0, 0.05) is 12.1 Å². The summed E-state index contributed by atoms with van der Waals surface area (Å²) in [4.78, 5) is 21.5. The topological polar surface area (TPSA) is 80.4 Å². The number of hydrogen-bond donors (Lipinski definition) is 1. The molecule has 1 N–H and O–H groups in total. The minimum atomic E-state index is -0.908. The molecule has 0 saturated heterocycles. The lowest BCUT2D eigenvalue weighted by molar-refractivity contribution is -0.384. The van der Waals surface area contributed by atoms with Crippen LogP contribution < -0.4 is 0 Å². The zero-order valence-electron chi connectivity index (χ0n) is 10.6. The predicted molar refractivity (Wildman–Crippen MR) is 73.6 cm³/mol. The molecule has 0 aliphatic rings. The van der Waals surface area contributed by atoms with Crippen LogP contribution in [0.3, 0.4) is 0 Å². The third-order valence-corrected chi connectivity index (χ3v) is 3.09. The van der Waals surface area contributed by atoms with Gasteiger partial charge in [-0.05, 0) is 17.5 Å². The molecule has 0 amide bonds. The number of nitro groups is 1. The molecule has 0 radical (unpaired) electrons. The molecule has 5 nitrogen and oxygen atoms in total. The first-order valence-corrected chi connectivity index (χ1v) is 6.09. The summed E-state index contributed by atoms with van der Waals surface area (Å²) in [6.45, 7) is 0. The van der Waals surface area contributed by atoms with E-state index in [1.807, 2.05) is 6.07 Å². The molecule has 0 saturated carbocycles. The molecule has 0 aliphatic heterocycles. The molecule has 0 aliphatic carbocycles. The summed E-state index contributed by atoms with van der Waals surface area (Å²) in [5.74, 6) is -1.56. The molecular formula is C15H13NO4. The van der Waals surface area contributed by atoms with Crippen LogP contribution in [0.1, 0.15) is 17.0 Å². The predicted octanol–water partition coefficient (Wildman–Crippen LogP) is 3.01. The molecule has 2 aromatic rings. The highest BCUT2D eigenvalue weighted by Gasteiger charge is 2.20. The van der Waals surface area contributed by atoms with E-state index in [0.29, 0.717) is 6.42 Å². The van der Waals surface area contributed by atoms with Crippen LogP contribution in [0.15, 0.2) is 54.6 Å². The molecule has 20 heavy (non-hydrogen) atoms. The van der Waals surface area contributed by atoms with Crippen LogP contribution in [0.2, 0.25) is 0 Å². The molecule has 1 atom stereocenters. The van der Waals surface area contributed by atoms with Gasteiger partial charge in [0.1, 0.15) is 0 Å². The van der Waals surface area contributed by atoms with Gasteiger partial charge in [-0.1, -0.05) is 42.5 Å². The molecular weight excluding hydrogens is 258 g/mol. The number of carboxylic acid groups (broad SMARTS) is 1. The molecule has 2 aromatic carbocycles. The van der Waals surface area contributed by atoms with Crippen LogP contribution in [-0.2, 0) is 11.2 Å². The average Bonchev–Trinajstić information content (AvgIpc) is 2.46. The summed E-state index contributed by atoms with van der Waals surface area (Å²) in [6, 6.07) is 14.9. The molecule has 2 rings (SSSR count). The third-order valence-electron chi connectivity index (χ3n) is 3.09. The van der Waals surface area contributed by atoms with Crippen molar-refractivity contribution < 1.29 is 14.8 Å². The number of carboxylic acids is 1. The number of nitro benzene ring substituents is 1. The van der Waals surface area contributed by atoms with Crippen LogP contribution >= 0.6 is 0 Å². The minimum Gasteiger partial charge on any atom is -0.481 e. The highest BCUT2D eigenvalue weighted by Crippen LogP contribution is 2.22. The van der Waals surface area contributed by atoms with Crippen molar-refractivity contribution in [3.8, 4) is 0 Å². The maximum Gasteiger partial charge on any atom is 0.311 e. The Morgan fingerprint density at radius 2 is 1.70 bits per heavy atom. The summed E-state index contributed by atoms with van der Waals surface area (Å²) < 4.78 is 0. The van der Waals surface area contributed by atoms with E-state index in [4.69, 9.17) is 0 Å². The van der Waals surface area contributed by atoms with Crippen molar-refractivity contribution in [2.75, 3.05) is 0 Å². The maximum absolute atomic E-state index is 11.4. The Labute approximate surface area is 115 Å². The number of non-ortho nitro benzene ring substituents is 1. The molecule has 0 spiro atoms. The van der Waals surface area contributed by atoms with Crippen molar-refractivity contribution in [2.24, 2.45) is 0 Å². The Hall–Kier alpha value is -2.69. The first kappa shape index (κ1) is 13.7. The van der Waals surface area contributed by atoms with Crippen molar-refractivity contribution >= 4 is 11.7 Å². The molecule has 0 fully saturated rings. The lowest BCUT2D eigenvalue weighted by atomic mass is 9.92. The van der Waals surface area contributed by atoms with Crippen LogP contribution in [0, 0.1) is 10.1 Å². The fourth-order valence-corrected chi connectivity index (χ4v) is 2.02. The van der Waals surface area contributed by atoms with Crippen molar-refractivity contribution in [3.63, 3.8) is 0 Å². The monoisotopic (exact) mass is 271 g/mol. The number of hydrogen-bond acceptors (Lipinski definition) is 3. The molecule has 0 aromatic heterocycles. The average molecular weight is 271 g/mol. The van der Waals surface area contributed by atoms with Gasteiger partial charge < -0.3 is 5.11 Å². The molecule has 0 bridgehead atoms. The van der Waals surface area contributed by atoms with E-state index < -0.39 is 16.8 Å². The molecule has 102 valence electrons. The first-order valence-electron chi connectivity index (χ1n) is 6.09. The van der Waals surface area contributed by atoms with Crippen molar-refractivity contribution in [2.45, 2.75) is 12.3 Å². The zero-order valence-corrected chi connectivity index (χ0v) is 10.6. The molecule has 0 heterocycles. The highest BCUT2D eigenvalue weighted by molar-refractivity contribution is 5.76. The summed E-state index contributed by atoms with van der Waals surface area (Å²) in [5, 5.41) is 19.9. The van der Waals surface area contributed by atoms with Gasteiger partial charge in [-0.2, -0.15) is 0 Å². The lowest BCUT2D eigenvalue weighted by Crippen LogP contribution is -2.14. The van der Waals surface area contributed by atoms with Crippen LogP contribution in [-0.4, -0.2) is 16.0 Å². The van der Waals surface area contributed by atoms with Gasteiger partial charge >= 0.3 is 5.97 Å². The second-order valence-corrected chi connectivity index (χ2v) is 4.43. The summed E-state index contributed by atoms with van der Waals surface area (Å²) >= 11 is 0. The van der Waals surface area contributed by atoms with Gasteiger partial charge in [0.05, 0.1) is 10.8 Å². The largest absolute Gasteiger partial charge is 0.481 e. The van der Waals surface area contributed by atoms with Gasteiger partial charge in [0.25, 0.3) is 5.69 Å². The van der Waals surface area contributed by atoms with Gasteiger partial charge in [-0.15, -0.1) is 0 Å². The van der Waals surface area contributed by atoms with Crippen molar-refractivity contribution in [1.29, 1.82) is 0 Å². The Kier molecular flexibility index (Phi) is 4.10. The normalized spacial score (nSPS) is 11.8. The van der Waals surface area contributed by atoms with Crippen LogP contribution in [0.4, 0.5) is 5.69 Å². The Balaban J connectivity index is 2.21. The molecule has 1 unspecified atom stereocenters. The van der Waals surface area contributed by atoms with Gasteiger partial charge in [-0.25, -0.2) is 0 Å². The van der Waals surface area contributed by atoms with E-state index in [9.17, 15) is 20.0 Å². The fourth-order valence-electron chi connectivity index (χ4n) is 2.02. The zero-order chi connectivity index (χ0) is 14.5. The van der Waals surface area contributed by atoms with Gasteiger partial charge in [-0.3, -0.25) is 14.9 Å². The van der Waals surface area contributed by atoms with Crippen molar-refractivity contribution in [1.82, 2.24) is 0 Å². The Morgan fingerprint density at radius 3 is 2.20 bits per heavy atom. The van der Waals surface area contributed by atoms with Crippen LogP contribution in [0.25, 0.3) is 0 Å². The second-order valence-electron chi connectivity index (χ2n) is 4.43. The quantitative estimate of drug-likeness (QED) is 0.669. The Bertz CT molecular complexity index is 608. The summed E-state index contributed by atoms with van der Waals surface area (Å²) in [7, 11) is 0.